The number of fused-ring (bicyclic) bond motifs is 2. The summed E-state index contributed by atoms with van der Waals surface area (Å²) in [7, 11) is 0. The molecule has 11 heavy (non-hydrogen) atoms. The lowest BCUT2D eigenvalue weighted by Gasteiger charge is -2.00. The Balaban J connectivity index is 2.05. The van der Waals surface area contributed by atoms with Gasteiger partial charge in [-0.3, -0.25) is 0 Å². The highest BCUT2D eigenvalue weighted by atomic mass is 15.1. The first-order valence-electron chi connectivity index (χ1n) is 4.16. The first-order chi connectivity index (χ1) is 5.36. The van der Waals surface area contributed by atoms with Crippen LogP contribution in [-0.4, -0.2) is 6.54 Å². The molecule has 0 aromatic heterocycles. The van der Waals surface area contributed by atoms with E-state index in [2.05, 4.69) is 29.3 Å². The highest BCUT2D eigenvalue weighted by Crippen LogP contribution is 2.52. The summed E-state index contributed by atoms with van der Waals surface area (Å²) < 4.78 is 0. The van der Waals surface area contributed by atoms with E-state index in [1.54, 1.807) is 0 Å². The predicted molar refractivity (Wildman–Crippen MR) is 42.0 cm³/mol. The lowest BCUT2D eigenvalue weighted by Crippen LogP contribution is -1.92. The molecule has 2 nitrogen and oxygen atoms in total. The molecule has 0 bridgehead atoms. The Morgan fingerprint density at radius 2 is 2.18 bits per heavy atom. The van der Waals surface area contributed by atoms with Crippen LogP contribution in [-0.2, 0) is 0 Å². The zero-order valence-electron chi connectivity index (χ0n) is 6.49. The molecule has 1 heterocycles. The van der Waals surface area contributed by atoms with Crippen molar-refractivity contribution >= 4 is 0 Å². The van der Waals surface area contributed by atoms with Crippen LogP contribution in [0.2, 0.25) is 0 Å². The van der Waals surface area contributed by atoms with Gasteiger partial charge in [0, 0.05) is 0 Å². The summed E-state index contributed by atoms with van der Waals surface area (Å²) in [6.07, 6.45) is 4.66. The average molecular weight is 146 g/mol. The van der Waals surface area contributed by atoms with Gasteiger partial charge in [0.25, 0.3) is 0 Å². The quantitative estimate of drug-likeness (QED) is 0.500. The van der Waals surface area contributed by atoms with Crippen molar-refractivity contribution in [3.05, 3.63) is 23.4 Å². The van der Waals surface area contributed by atoms with E-state index < -0.39 is 0 Å². The van der Waals surface area contributed by atoms with Crippen molar-refractivity contribution in [1.82, 2.24) is 0 Å². The van der Waals surface area contributed by atoms with E-state index in [-0.39, 0.29) is 0 Å². The molecule has 0 spiro atoms. The maximum atomic E-state index is 4.09. The van der Waals surface area contributed by atoms with Gasteiger partial charge in [0.15, 0.2) is 0 Å². The Kier molecular flexibility index (Phi) is 0.843. The van der Waals surface area contributed by atoms with Crippen LogP contribution < -0.4 is 0 Å². The van der Waals surface area contributed by atoms with E-state index in [0.717, 1.165) is 30.0 Å². The minimum Gasteiger partial charge on any atom is -0.184 e. The van der Waals surface area contributed by atoms with Gasteiger partial charge >= 0.3 is 0 Å². The van der Waals surface area contributed by atoms with Crippen molar-refractivity contribution in [2.24, 2.45) is 28.0 Å². The second-order valence-electron chi connectivity index (χ2n) is 3.66. The summed E-state index contributed by atoms with van der Waals surface area (Å²) in [5, 5.41) is 8.08. The fraction of sp³-hybridized carbons (Fsp3) is 0.556. The Bertz CT molecular complexity index is 299. The Morgan fingerprint density at radius 3 is 3.09 bits per heavy atom. The first-order valence-corrected chi connectivity index (χ1v) is 4.16. The molecule has 0 radical (unpaired) electrons. The van der Waals surface area contributed by atoms with Crippen molar-refractivity contribution in [1.29, 1.82) is 0 Å². The molecule has 0 N–H and O–H groups in total. The Morgan fingerprint density at radius 1 is 1.36 bits per heavy atom. The van der Waals surface area contributed by atoms with Gasteiger partial charge in [0.1, 0.15) is 0 Å². The summed E-state index contributed by atoms with van der Waals surface area (Å²) in [6.45, 7) is 3.13. The van der Waals surface area contributed by atoms with E-state index >= 15 is 0 Å². The maximum Gasteiger partial charge on any atom is 0.0872 e. The zero-order valence-corrected chi connectivity index (χ0v) is 6.49. The molecule has 3 aliphatic rings. The van der Waals surface area contributed by atoms with Gasteiger partial charge in [0.05, 0.1) is 12.2 Å². The molecule has 1 aliphatic heterocycles. The van der Waals surface area contributed by atoms with Gasteiger partial charge in [-0.15, -0.1) is 0 Å². The molecular formula is C9H10N2. The van der Waals surface area contributed by atoms with Crippen LogP contribution in [0.3, 0.4) is 0 Å². The molecular weight excluding hydrogens is 136 g/mol. The van der Waals surface area contributed by atoms with Crippen LogP contribution in [0.1, 0.15) is 6.92 Å². The fourth-order valence-corrected chi connectivity index (χ4v) is 2.08. The van der Waals surface area contributed by atoms with E-state index in [1.165, 1.54) is 5.57 Å². The molecule has 2 heteroatoms. The summed E-state index contributed by atoms with van der Waals surface area (Å²) in [5.41, 5.74) is 2.51. The minimum atomic E-state index is 0.783. The van der Waals surface area contributed by atoms with Gasteiger partial charge < -0.3 is 0 Å². The van der Waals surface area contributed by atoms with E-state index in [0.29, 0.717) is 0 Å². The fourth-order valence-electron chi connectivity index (χ4n) is 2.08. The second-order valence-corrected chi connectivity index (χ2v) is 3.66. The molecule has 1 saturated carbocycles. The van der Waals surface area contributed by atoms with Gasteiger partial charge in [-0.05, 0) is 23.3 Å². The van der Waals surface area contributed by atoms with Crippen LogP contribution in [0.25, 0.3) is 0 Å². The third-order valence-electron chi connectivity index (χ3n) is 3.01. The topological polar surface area (TPSA) is 24.7 Å². The Labute approximate surface area is 65.7 Å². The van der Waals surface area contributed by atoms with Gasteiger partial charge in [-0.1, -0.05) is 19.1 Å². The van der Waals surface area contributed by atoms with Crippen LogP contribution >= 0.6 is 0 Å². The van der Waals surface area contributed by atoms with Crippen LogP contribution in [0, 0.1) is 17.8 Å². The van der Waals surface area contributed by atoms with E-state index in [9.17, 15) is 0 Å². The van der Waals surface area contributed by atoms with Gasteiger partial charge in [-0.25, -0.2) is 0 Å². The smallest absolute Gasteiger partial charge is 0.0872 e. The number of nitrogens with zero attached hydrogens (tertiary/aromatic N) is 2. The third kappa shape index (κ3) is 0.621. The zero-order chi connectivity index (χ0) is 7.42. The van der Waals surface area contributed by atoms with Crippen LogP contribution in [0.15, 0.2) is 33.7 Å². The largest absolute Gasteiger partial charge is 0.184 e. The highest BCUT2D eigenvalue weighted by molar-refractivity contribution is 5.42. The predicted octanol–water partition coefficient (Wildman–Crippen LogP) is 2.16. The molecule has 3 rings (SSSR count). The summed E-state index contributed by atoms with van der Waals surface area (Å²) in [6, 6.07) is 0. The number of rotatable bonds is 0. The number of hydrogen-bond donors (Lipinski definition) is 0. The summed E-state index contributed by atoms with van der Waals surface area (Å²) >= 11 is 0. The van der Waals surface area contributed by atoms with Gasteiger partial charge in [-0.2, -0.15) is 10.2 Å². The number of azo groups is 1. The second kappa shape index (κ2) is 1.63. The highest BCUT2D eigenvalue weighted by Gasteiger charge is 2.46. The van der Waals surface area contributed by atoms with Crippen LogP contribution in [0.4, 0.5) is 0 Å². The average Bonchev–Trinajstić information content (AvgIpc) is 2.50. The maximum absolute atomic E-state index is 4.09. The van der Waals surface area contributed by atoms with Crippen LogP contribution in [0.5, 0.6) is 0 Å². The van der Waals surface area contributed by atoms with E-state index in [4.69, 9.17) is 0 Å². The van der Waals surface area contributed by atoms with E-state index in [1.807, 2.05) is 0 Å². The van der Waals surface area contributed by atoms with Crippen molar-refractivity contribution < 1.29 is 0 Å². The molecule has 2 aliphatic carbocycles. The summed E-state index contributed by atoms with van der Waals surface area (Å²) in [4.78, 5) is 0. The molecule has 1 fully saturated rings. The van der Waals surface area contributed by atoms with Crippen molar-refractivity contribution in [3.8, 4) is 0 Å². The molecule has 56 valence electrons. The molecule has 3 unspecified atom stereocenters. The summed E-state index contributed by atoms with van der Waals surface area (Å²) in [5.74, 6) is 2.46. The SMILES string of the molecule is CC1C2C=C3CN=NC3=CC12. The van der Waals surface area contributed by atoms with Crippen molar-refractivity contribution in [2.45, 2.75) is 6.92 Å². The molecule has 0 amide bonds. The number of hydrogen-bond acceptors (Lipinski definition) is 2. The van der Waals surface area contributed by atoms with Gasteiger partial charge in [0.2, 0.25) is 0 Å². The molecule has 0 aromatic carbocycles. The lowest BCUT2D eigenvalue weighted by atomic mass is 10.1. The first kappa shape index (κ1) is 5.70. The molecule has 3 atom stereocenters. The Hall–Kier alpha value is -0.920. The van der Waals surface area contributed by atoms with Crippen molar-refractivity contribution in [2.75, 3.05) is 6.54 Å². The molecule has 0 saturated heterocycles. The normalized spacial score (nSPS) is 44.3. The molecule has 0 aromatic rings. The third-order valence-corrected chi connectivity index (χ3v) is 3.01. The monoisotopic (exact) mass is 146 g/mol. The van der Waals surface area contributed by atoms with Crippen molar-refractivity contribution in [3.63, 3.8) is 0 Å². The minimum absolute atomic E-state index is 0.783. The number of allylic oxidation sites excluding steroid dienone is 2. The standard InChI is InChI=1S/C9H10N2/c1-5-7-2-6-4-10-11-9(6)3-8(5)7/h2-3,5,7-8H,4H2,1H3. The lowest BCUT2D eigenvalue weighted by molar-refractivity contribution is 0.882.